The van der Waals surface area contributed by atoms with E-state index in [1.165, 1.54) is 34.1 Å². The minimum absolute atomic E-state index is 0.432. The summed E-state index contributed by atoms with van der Waals surface area (Å²) in [7, 11) is 0. The van der Waals surface area contributed by atoms with E-state index in [9.17, 15) is 0 Å². The number of benzene rings is 2. The van der Waals surface area contributed by atoms with Crippen LogP contribution in [-0.4, -0.2) is 9.97 Å². The smallest absolute Gasteiger partial charge is 0.115 e. The summed E-state index contributed by atoms with van der Waals surface area (Å²) in [4.78, 5) is 7.35. The predicted molar refractivity (Wildman–Crippen MR) is 110 cm³/mol. The van der Waals surface area contributed by atoms with Crippen molar-refractivity contribution < 1.29 is 0 Å². The van der Waals surface area contributed by atoms with Gasteiger partial charge in [0.15, 0.2) is 0 Å². The Morgan fingerprint density at radius 3 is 2.41 bits per heavy atom. The van der Waals surface area contributed by atoms with Crippen molar-refractivity contribution in [3.8, 4) is 11.1 Å². The Hall–Kier alpha value is -2.94. The molecule has 2 aliphatic rings. The molecule has 2 aromatic carbocycles. The molecule has 2 aliphatic carbocycles. The van der Waals surface area contributed by atoms with Gasteiger partial charge in [-0.3, -0.25) is 0 Å². The Morgan fingerprint density at radius 2 is 1.70 bits per heavy atom. The average Bonchev–Trinajstić information content (AvgIpc) is 2.69. The lowest BCUT2D eigenvalue weighted by atomic mass is 9.73. The summed E-state index contributed by atoms with van der Waals surface area (Å²) in [6, 6.07) is 15.2. The largest absolute Gasteiger partial charge is 0.402 e. The third kappa shape index (κ3) is 3.37. The summed E-state index contributed by atoms with van der Waals surface area (Å²) >= 11 is 0. The molecule has 0 fully saturated rings. The number of rotatable bonds is 0. The maximum absolute atomic E-state index is 6.08. The Bertz CT molecular complexity index is 949. The molecule has 0 radical (unpaired) electrons. The van der Waals surface area contributed by atoms with E-state index in [0.717, 1.165) is 18.5 Å². The Balaban J connectivity index is 0.000000257. The van der Waals surface area contributed by atoms with Crippen molar-refractivity contribution in [1.82, 2.24) is 9.97 Å². The van der Waals surface area contributed by atoms with E-state index in [1.54, 1.807) is 24.0 Å². The molecule has 2 unspecified atom stereocenters. The van der Waals surface area contributed by atoms with Crippen LogP contribution in [-0.2, 0) is 12.8 Å². The van der Waals surface area contributed by atoms with Gasteiger partial charge >= 0.3 is 0 Å². The van der Waals surface area contributed by atoms with Crippen molar-refractivity contribution in [2.24, 2.45) is 5.73 Å². The SMILES string of the molecule is CC1C=C(N)Cc2ccc3c(c21)CC(C)c1ccccc1-3.c1cncnc1. The monoisotopic (exact) mass is 355 g/mol. The summed E-state index contributed by atoms with van der Waals surface area (Å²) in [5, 5.41) is 0. The first-order valence-electron chi connectivity index (χ1n) is 9.55. The number of nitrogens with zero attached hydrogens (tertiary/aromatic N) is 2. The van der Waals surface area contributed by atoms with E-state index >= 15 is 0 Å². The van der Waals surface area contributed by atoms with Crippen LogP contribution in [0.2, 0.25) is 0 Å². The van der Waals surface area contributed by atoms with Gasteiger partial charge < -0.3 is 5.73 Å². The molecule has 27 heavy (non-hydrogen) atoms. The third-order valence-electron chi connectivity index (χ3n) is 5.53. The Kier molecular flexibility index (Phi) is 4.76. The van der Waals surface area contributed by atoms with Crippen LogP contribution >= 0.6 is 0 Å². The first kappa shape index (κ1) is 17.5. The van der Waals surface area contributed by atoms with Crippen LogP contribution < -0.4 is 5.73 Å². The van der Waals surface area contributed by atoms with Crippen LogP contribution in [0.1, 0.15) is 47.9 Å². The lowest BCUT2D eigenvalue weighted by Gasteiger charge is -2.31. The second-order valence-corrected chi connectivity index (χ2v) is 7.47. The van der Waals surface area contributed by atoms with Crippen LogP contribution in [0.4, 0.5) is 0 Å². The van der Waals surface area contributed by atoms with Crippen LogP contribution in [0.15, 0.2) is 73.0 Å². The van der Waals surface area contributed by atoms with Crippen molar-refractivity contribution in [3.05, 3.63) is 95.2 Å². The van der Waals surface area contributed by atoms with Gasteiger partial charge in [0.25, 0.3) is 0 Å². The van der Waals surface area contributed by atoms with Gasteiger partial charge in [-0.25, -0.2) is 9.97 Å². The molecule has 2 atom stereocenters. The highest BCUT2D eigenvalue weighted by molar-refractivity contribution is 5.76. The number of hydrogen-bond donors (Lipinski definition) is 1. The van der Waals surface area contributed by atoms with E-state index in [-0.39, 0.29) is 0 Å². The van der Waals surface area contributed by atoms with Crippen LogP contribution in [0.5, 0.6) is 0 Å². The quantitative estimate of drug-likeness (QED) is 0.618. The molecule has 1 heterocycles. The molecule has 0 amide bonds. The first-order valence-corrected chi connectivity index (χ1v) is 9.55. The minimum atomic E-state index is 0.432. The number of nitrogens with two attached hydrogens (primary N) is 1. The second kappa shape index (κ2) is 7.36. The zero-order valence-electron chi connectivity index (χ0n) is 15.9. The van der Waals surface area contributed by atoms with Crippen molar-refractivity contribution in [2.75, 3.05) is 0 Å². The molecule has 5 rings (SSSR count). The van der Waals surface area contributed by atoms with E-state index in [2.05, 4.69) is 66.3 Å². The van der Waals surface area contributed by atoms with Crippen molar-refractivity contribution >= 4 is 0 Å². The fraction of sp³-hybridized carbons (Fsp3) is 0.250. The first-order chi connectivity index (χ1) is 13.1. The highest BCUT2D eigenvalue weighted by Crippen LogP contribution is 2.44. The van der Waals surface area contributed by atoms with Gasteiger partial charge in [0.2, 0.25) is 0 Å². The van der Waals surface area contributed by atoms with Gasteiger partial charge in [0.05, 0.1) is 0 Å². The molecule has 3 heteroatoms. The normalized spacial score (nSPS) is 19.6. The van der Waals surface area contributed by atoms with Crippen molar-refractivity contribution in [1.29, 1.82) is 0 Å². The van der Waals surface area contributed by atoms with Crippen LogP contribution in [0, 0.1) is 0 Å². The van der Waals surface area contributed by atoms with Gasteiger partial charge in [-0.05, 0) is 51.8 Å². The topological polar surface area (TPSA) is 51.8 Å². The Labute approximate surface area is 161 Å². The number of hydrogen-bond acceptors (Lipinski definition) is 3. The lowest BCUT2D eigenvalue weighted by Crippen LogP contribution is -2.18. The average molecular weight is 355 g/mol. The molecular formula is C24H25N3. The molecule has 3 nitrogen and oxygen atoms in total. The molecule has 0 spiro atoms. The fourth-order valence-electron chi connectivity index (χ4n) is 4.43. The van der Waals surface area contributed by atoms with E-state index in [1.807, 2.05) is 0 Å². The molecular weight excluding hydrogens is 330 g/mol. The zero-order valence-corrected chi connectivity index (χ0v) is 15.9. The Morgan fingerprint density at radius 1 is 0.926 bits per heavy atom. The summed E-state index contributed by atoms with van der Waals surface area (Å²) in [6.45, 7) is 4.62. The van der Waals surface area contributed by atoms with Crippen molar-refractivity contribution in [3.63, 3.8) is 0 Å². The highest BCUT2D eigenvalue weighted by atomic mass is 14.8. The third-order valence-corrected chi connectivity index (χ3v) is 5.53. The van der Waals surface area contributed by atoms with Gasteiger partial charge in [0, 0.05) is 30.4 Å². The molecule has 0 saturated carbocycles. The molecule has 2 N–H and O–H groups in total. The fourth-order valence-corrected chi connectivity index (χ4v) is 4.43. The van der Waals surface area contributed by atoms with Gasteiger partial charge in [-0.2, -0.15) is 0 Å². The summed E-state index contributed by atoms with van der Waals surface area (Å²) in [5.74, 6) is 1.02. The summed E-state index contributed by atoms with van der Waals surface area (Å²) < 4.78 is 0. The number of aromatic nitrogens is 2. The maximum Gasteiger partial charge on any atom is 0.115 e. The number of allylic oxidation sites excluding steroid dienone is 2. The van der Waals surface area contributed by atoms with E-state index in [4.69, 9.17) is 5.73 Å². The minimum Gasteiger partial charge on any atom is -0.402 e. The standard InChI is InChI=1S/C20H21N.C4H4N2/c1-12-10-19-18(17-6-4-3-5-16(12)17)8-7-14-11-15(21)9-13(2)20(14)19;1-2-5-4-6-3-1/h3-9,12-13H,10-11,21H2,1-2H3;1-4H. The predicted octanol–water partition coefficient (Wildman–Crippen LogP) is 4.99. The lowest BCUT2D eigenvalue weighted by molar-refractivity contribution is 0.727. The molecule has 1 aromatic heterocycles. The molecule has 3 aromatic rings. The van der Waals surface area contributed by atoms with Crippen LogP contribution in [0.3, 0.4) is 0 Å². The van der Waals surface area contributed by atoms with Crippen molar-refractivity contribution in [2.45, 2.75) is 38.5 Å². The summed E-state index contributed by atoms with van der Waals surface area (Å²) in [6.07, 6.45) is 9.16. The van der Waals surface area contributed by atoms with Crippen LogP contribution in [0.25, 0.3) is 11.1 Å². The maximum atomic E-state index is 6.08. The van der Waals surface area contributed by atoms with E-state index in [0.29, 0.717) is 11.8 Å². The zero-order chi connectivity index (χ0) is 18.8. The van der Waals surface area contributed by atoms with Gasteiger partial charge in [-0.1, -0.05) is 56.3 Å². The summed E-state index contributed by atoms with van der Waals surface area (Å²) in [5.41, 5.74) is 15.9. The molecule has 0 bridgehead atoms. The second-order valence-electron chi connectivity index (χ2n) is 7.47. The molecule has 136 valence electrons. The molecule has 0 aliphatic heterocycles. The van der Waals surface area contributed by atoms with Gasteiger partial charge in [0.1, 0.15) is 6.33 Å². The molecule has 0 saturated heterocycles. The van der Waals surface area contributed by atoms with Gasteiger partial charge in [-0.15, -0.1) is 0 Å². The highest BCUT2D eigenvalue weighted by Gasteiger charge is 2.27. The van der Waals surface area contributed by atoms with E-state index < -0.39 is 0 Å². The number of fused-ring (bicyclic) bond motifs is 5.